The fourth-order valence-electron chi connectivity index (χ4n) is 2.92. The van der Waals surface area contributed by atoms with E-state index >= 15 is 0 Å². The van der Waals surface area contributed by atoms with Gasteiger partial charge in [0.05, 0.1) is 18.6 Å². The van der Waals surface area contributed by atoms with Crippen molar-refractivity contribution < 1.29 is 19.1 Å². The molecule has 0 amide bonds. The first kappa shape index (κ1) is 21.1. The van der Waals surface area contributed by atoms with Gasteiger partial charge >= 0.3 is 11.9 Å². The minimum atomic E-state index is -0.585. The molecule has 0 saturated carbocycles. The van der Waals surface area contributed by atoms with E-state index < -0.39 is 11.9 Å². The molecular weight excluding hydrogens is 400 g/mol. The van der Waals surface area contributed by atoms with E-state index in [0.29, 0.717) is 0 Å². The predicted octanol–water partition coefficient (Wildman–Crippen LogP) is 4.33. The molecule has 0 aliphatic carbocycles. The van der Waals surface area contributed by atoms with Gasteiger partial charge in [0.1, 0.15) is 22.6 Å². The van der Waals surface area contributed by atoms with Gasteiger partial charge in [0.15, 0.2) is 0 Å². The van der Waals surface area contributed by atoms with Crippen molar-refractivity contribution in [3.05, 3.63) is 76.2 Å². The van der Waals surface area contributed by atoms with Gasteiger partial charge in [0.2, 0.25) is 0 Å². The van der Waals surface area contributed by atoms with Crippen LogP contribution in [0, 0.1) is 11.3 Å². The van der Waals surface area contributed by atoms with Crippen LogP contribution in [0.4, 0.5) is 5.00 Å². The Morgan fingerprint density at radius 3 is 2.33 bits per heavy atom. The molecule has 0 atom stereocenters. The minimum Gasteiger partial charge on any atom is -0.462 e. The van der Waals surface area contributed by atoms with Gasteiger partial charge in [-0.25, -0.2) is 4.79 Å². The Morgan fingerprint density at radius 2 is 1.70 bits per heavy atom. The number of hydrogen-bond acceptors (Lipinski definition) is 7. The van der Waals surface area contributed by atoms with Crippen LogP contribution in [0.1, 0.15) is 33.3 Å². The van der Waals surface area contributed by atoms with Gasteiger partial charge in [-0.3, -0.25) is 4.79 Å². The number of esters is 2. The summed E-state index contributed by atoms with van der Waals surface area (Å²) in [6.45, 7) is 1.66. The highest BCUT2D eigenvalue weighted by molar-refractivity contribution is 7.18. The largest absolute Gasteiger partial charge is 0.462 e. The Kier molecular flexibility index (Phi) is 6.83. The summed E-state index contributed by atoms with van der Waals surface area (Å²) in [6.07, 6.45) is 0.0747. The van der Waals surface area contributed by atoms with E-state index in [9.17, 15) is 14.9 Å². The number of thiophene rings is 1. The Labute approximate surface area is 178 Å². The molecule has 0 bridgehead atoms. The minimum absolute atomic E-state index is 0.0747. The summed E-state index contributed by atoms with van der Waals surface area (Å²) in [6, 6.07) is 19.5. The summed E-state index contributed by atoms with van der Waals surface area (Å²) in [5.74, 6) is -1.05. The number of ether oxygens (including phenoxy) is 2. The van der Waals surface area contributed by atoms with Crippen LogP contribution in [0.2, 0.25) is 0 Å². The molecule has 7 heteroatoms. The molecule has 1 heterocycles. The van der Waals surface area contributed by atoms with Crippen LogP contribution in [0.5, 0.6) is 0 Å². The average Bonchev–Trinajstić information content (AvgIpc) is 3.09. The molecule has 3 aromatic rings. The highest BCUT2D eigenvalue weighted by Crippen LogP contribution is 2.32. The lowest BCUT2D eigenvalue weighted by Crippen LogP contribution is -2.11. The molecule has 6 nitrogen and oxygen atoms in total. The van der Waals surface area contributed by atoms with Crippen molar-refractivity contribution in [1.82, 2.24) is 0 Å². The molecule has 0 aliphatic heterocycles. The zero-order chi connectivity index (χ0) is 21.5. The van der Waals surface area contributed by atoms with E-state index in [2.05, 4.69) is 0 Å². The summed E-state index contributed by atoms with van der Waals surface area (Å²) >= 11 is 0.958. The zero-order valence-electron chi connectivity index (χ0n) is 16.4. The summed E-state index contributed by atoms with van der Waals surface area (Å²) in [7, 11) is 0. The van der Waals surface area contributed by atoms with Crippen molar-refractivity contribution in [2.75, 3.05) is 12.3 Å². The van der Waals surface area contributed by atoms with Crippen molar-refractivity contribution in [3.63, 3.8) is 0 Å². The molecule has 0 fully saturated rings. The number of nitrogens with two attached hydrogens (primary N) is 1. The van der Waals surface area contributed by atoms with Crippen molar-refractivity contribution in [3.8, 4) is 17.2 Å². The summed E-state index contributed by atoms with van der Waals surface area (Å²) < 4.78 is 10.3. The van der Waals surface area contributed by atoms with Gasteiger partial charge < -0.3 is 15.2 Å². The average molecular weight is 420 g/mol. The van der Waals surface area contributed by atoms with E-state index in [1.54, 1.807) is 6.92 Å². The molecule has 152 valence electrons. The van der Waals surface area contributed by atoms with Crippen molar-refractivity contribution in [2.24, 2.45) is 0 Å². The number of anilines is 1. The topological polar surface area (TPSA) is 102 Å². The van der Waals surface area contributed by atoms with Crippen LogP contribution in [-0.2, 0) is 27.3 Å². The molecule has 1 aromatic heterocycles. The molecule has 3 rings (SSSR count). The molecule has 30 heavy (non-hydrogen) atoms. The van der Waals surface area contributed by atoms with E-state index in [4.69, 9.17) is 15.2 Å². The van der Waals surface area contributed by atoms with Gasteiger partial charge in [-0.15, -0.1) is 11.3 Å². The second kappa shape index (κ2) is 9.72. The maximum Gasteiger partial charge on any atom is 0.348 e. The Bertz CT molecular complexity index is 1080. The van der Waals surface area contributed by atoms with Crippen LogP contribution in [0.3, 0.4) is 0 Å². The van der Waals surface area contributed by atoms with Crippen molar-refractivity contribution in [1.29, 1.82) is 5.26 Å². The number of carbonyl (C=O) groups excluding carboxylic acids is 2. The zero-order valence-corrected chi connectivity index (χ0v) is 17.2. The quantitative estimate of drug-likeness (QED) is 0.571. The number of carbonyl (C=O) groups is 2. The first-order valence-corrected chi connectivity index (χ1v) is 10.1. The van der Waals surface area contributed by atoms with Crippen LogP contribution in [0.15, 0.2) is 54.6 Å². The van der Waals surface area contributed by atoms with Crippen LogP contribution in [-0.4, -0.2) is 18.5 Å². The molecule has 0 saturated heterocycles. The SMILES string of the molecule is CCOC(=O)c1sc(N)c(C#N)c1COC(=O)Cc1ccc(-c2ccccc2)cc1. The Balaban J connectivity index is 1.66. The van der Waals surface area contributed by atoms with Gasteiger partial charge in [0, 0.05) is 5.56 Å². The van der Waals surface area contributed by atoms with E-state index in [1.807, 2.05) is 60.7 Å². The Hall–Kier alpha value is -3.63. The molecule has 0 radical (unpaired) electrons. The number of rotatable bonds is 7. The highest BCUT2D eigenvalue weighted by atomic mass is 32.1. The summed E-state index contributed by atoms with van der Waals surface area (Å²) in [4.78, 5) is 24.6. The van der Waals surface area contributed by atoms with E-state index in [0.717, 1.165) is 28.0 Å². The number of benzene rings is 2. The second-order valence-electron chi connectivity index (χ2n) is 6.38. The normalized spacial score (nSPS) is 10.3. The third-order valence-corrected chi connectivity index (χ3v) is 5.44. The smallest absolute Gasteiger partial charge is 0.348 e. The molecular formula is C23H20N2O4S. The van der Waals surface area contributed by atoms with E-state index in [-0.39, 0.29) is 40.6 Å². The lowest BCUT2D eigenvalue weighted by atomic mass is 10.0. The summed E-state index contributed by atoms with van der Waals surface area (Å²) in [5, 5.41) is 9.53. The van der Waals surface area contributed by atoms with Gasteiger partial charge in [0.25, 0.3) is 0 Å². The predicted molar refractivity (Wildman–Crippen MR) is 115 cm³/mol. The maximum absolute atomic E-state index is 12.3. The van der Waals surface area contributed by atoms with E-state index in [1.165, 1.54) is 0 Å². The van der Waals surface area contributed by atoms with Crippen molar-refractivity contribution >= 4 is 28.3 Å². The fraction of sp³-hybridized carbons (Fsp3) is 0.174. The third kappa shape index (κ3) is 4.85. The lowest BCUT2D eigenvalue weighted by Gasteiger charge is -2.08. The standard InChI is InChI=1S/C23H20N2O4S/c1-2-28-23(27)21-19(18(13-24)22(25)30-21)14-29-20(26)12-15-8-10-17(11-9-15)16-6-4-3-5-7-16/h3-11H,2,12,14,25H2,1H3. The molecule has 2 aromatic carbocycles. The van der Waals surface area contributed by atoms with Crippen LogP contribution >= 0.6 is 11.3 Å². The number of nitriles is 1. The maximum atomic E-state index is 12.3. The number of nitrogens with zero attached hydrogens (tertiary/aromatic N) is 1. The van der Waals surface area contributed by atoms with Gasteiger partial charge in [-0.1, -0.05) is 54.6 Å². The molecule has 2 N–H and O–H groups in total. The third-order valence-electron chi connectivity index (χ3n) is 4.39. The monoisotopic (exact) mass is 420 g/mol. The number of hydrogen-bond donors (Lipinski definition) is 1. The molecule has 0 unspecified atom stereocenters. The van der Waals surface area contributed by atoms with Gasteiger partial charge in [-0.05, 0) is 23.6 Å². The highest BCUT2D eigenvalue weighted by Gasteiger charge is 2.23. The molecule has 0 spiro atoms. The molecule has 0 aliphatic rings. The fourth-order valence-corrected chi connectivity index (χ4v) is 3.84. The Morgan fingerprint density at radius 1 is 1.03 bits per heavy atom. The van der Waals surface area contributed by atoms with Crippen LogP contribution in [0.25, 0.3) is 11.1 Å². The first-order valence-electron chi connectivity index (χ1n) is 9.31. The summed E-state index contributed by atoms with van der Waals surface area (Å²) in [5.41, 5.74) is 9.20. The first-order chi connectivity index (χ1) is 14.5. The second-order valence-corrected chi connectivity index (χ2v) is 7.43. The lowest BCUT2D eigenvalue weighted by molar-refractivity contribution is -0.144. The van der Waals surface area contributed by atoms with Gasteiger partial charge in [-0.2, -0.15) is 5.26 Å². The van der Waals surface area contributed by atoms with Crippen molar-refractivity contribution in [2.45, 2.75) is 20.0 Å². The number of nitrogen functional groups attached to an aromatic ring is 1. The van der Waals surface area contributed by atoms with Crippen LogP contribution < -0.4 is 5.73 Å².